The lowest BCUT2D eigenvalue weighted by Gasteiger charge is -2.18. The zero-order valence-electron chi connectivity index (χ0n) is 8.16. The van der Waals surface area contributed by atoms with Crippen LogP contribution < -0.4 is 5.32 Å². The van der Waals surface area contributed by atoms with Gasteiger partial charge in [-0.15, -0.1) is 21.8 Å². The summed E-state index contributed by atoms with van der Waals surface area (Å²) < 4.78 is 5.50. The summed E-state index contributed by atoms with van der Waals surface area (Å²) in [6.07, 6.45) is 2.14. The summed E-state index contributed by atoms with van der Waals surface area (Å²) in [5, 5.41) is 11.1. The Bertz CT molecular complexity index is 294. The molecule has 0 saturated carbocycles. The summed E-state index contributed by atoms with van der Waals surface area (Å²) in [4.78, 5) is 0. The van der Waals surface area contributed by atoms with E-state index in [0.29, 0.717) is 11.8 Å². The third-order valence-electron chi connectivity index (χ3n) is 2.48. The number of aromatic nitrogens is 2. The van der Waals surface area contributed by atoms with Gasteiger partial charge in [0.1, 0.15) is 5.38 Å². The van der Waals surface area contributed by atoms with Crippen molar-refractivity contribution in [2.75, 3.05) is 13.1 Å². The van der Waals surface area contributed by atoms with Crippen molar-refractivity contribution >= 4 is 11.6 Å². The highest BCUT2D eigenvalue weighted by Crippen LogP contribution is 2.26. The highest BCUT2D eigenvalue weighted by Gasteiger charge is 2.21. The van der Waals surface area contributed by atoms with Crippen molar-refractivity contribution in [3.8, 4) is 0 Å². The summed E-state index contributed by atoms with van der Waals surface area (Å²) in [7, 11) is 0. The van der Waals surface area contributed by atoms with E-state index in [1.807, 2.05) is 6.92 Å². The maximum Gasteiger partial charge on any atom is 0.234 e. The van der Waals surface area contributed by atoms with Gasteiger partial charge in [0.2, 0.25) is 11.8 Å². The summed E-state index contributed by atoms with van der Waals surface area (Å²) in [5.74, 6) is 1.68. The molecule has 0 aliphatic carbocycles. The highest BCUT2D eigenvalue weighted by atomic mass is 35.5. The fraction of sp³-hybridized carbons (Fsp3) is 0.778. The molecule has 5 heteroatoms. The SMILES string of the molecule is CC(Cl)c1nnc(C2CCNCC2)o1. The van der Waals surface area contributed by atoms with Crippen molar-refractivity contribution in [1.82, 2.24) is 15.5 Å². The molecule has 0 radical (unpaired) electrons. The molecule has 1 aromatic rings. The van der Waals surface area contributed by atoms with Crippen molar-refractivity contribution < 1.29 is 4.42 Å². The average Bonchev–Trinajstić information content (AvgIpc) is 2.68. The highest BCUT2D eigenvalue weighted by molar-refractivity contribution is 6.20. The monoisotopic (exact) mass is 215 g/mol. The maximum absolute atomic E-state index is 5.85. The minimum absolute atomic E-state index is 0.196. The van der Waals surface area contributed by atoms with Crippen molar-refractivity contribution in [3.05, 3.63) is 11.8 Å². The van der Waals surface area contributed by atoms with E-state index in [4.69, 9.17) is 16.0 Å². The lowest BCUT2D eigenvalue weighted by Crippen LogP contribution is -2.26. The molecule has 1 fully saturated rings. The first kappa shape index (κ1) is 9.93. The summed E-state index contributed by atoms with van der Waals surface area (Å²) >= 11 is 5.85. The van der Waals surface area contributed by atoms with Gasteiger partial charge in [0.15, 0.2) is 0 Å². The molecule has 1 saturated heterocycles. The van der Waals surface area contributed by atoms with E-state index in [1.165, 1.54) is 0 Å². The first-order valence-corrected chi connectivity index (χ1v) is 5.39. The van der Waals surface area contributed by atoms with Crippen LogP contribution in [0.15, 0.2) is 4.42 Å². The molecule has 0 aromatic carbocycles. The number of alkyl halides is 1. The molecule has 1 aromatic heterocycles. The normalized spacial score (nSPS) is 21.0. The van der Waals surface area contributed by atoms with Gasteiger partial charge in [-0.25, -0.2) is 0 Å². The fourth-order valence-corrected chi connectivity index (χ4v) is 1.73. The van der Waals surface area contributed by atoms with E-state index in [2.05, 4.69) is 15.5 Å². The van der Waals surface area contributed by atoms with Crippen LogP contribution in [-0.4, -0.2) is 23.3 Å². The number of piperidine rings is 1. The van der Waals surface area contributed by atoms with E-state index >= 15 is 0 Å². The second-order valence-electron chi connectivity index (χ2n) is 3.62. The van der Waals surface area contributed by atoms with Crippen LogP contribution in [0.1, 0.15) is 42.8 Å². The Hall–Kier alpha value is -0.610. The molecule has 1 N–H and O–H groups in total. The van der Waals surface area contributed by atoms with Crippen molar-refractivity contribution in [3.63, 3.8) is 0 Å². The molecule has 14 heavy (non-hydrogen) atoms. The van der Waals surface area contributed by atoms with Crippen molar-refractivity contribution in [2.24, 2.45) is 0 Å². The van der Waals surface area contributed by atoms with Gasteiger partial charge >= 0.3 is 0 Å². The van der Waals surface area contributed by atoms with Crippen LogP contribution in [0, 0.1) is 0 Å². The molecular formula is C9H14ClN3O. The van der Waals surface area contributed by atoms with Gasteiger partial charge < -0.3 is 9.73 Å². The van der Waals surface area contributed by atoms with Gasteiger partial charge in [0.25, 0.3) is 0 Å². The number of halogens is 1. The van der Waals surface area contributed by atoms with Crippen LogP contribution in [0.4, 0.5) is 0 Å². The Balaban J connectivity index is 2.07. The summed E-state index contributed by atoms with van der Waals surface area (Å²) in [6.45, 7) is 3.89. The molecule has 0 bridgehead atoms. The second kappa shape index (κ2) is 4.28. The Morgan fingerprint density at radius 3 is 2.71 bits per heavy atom. The van der Waals surface area contributed by atoms with E-state index in [0.717, 1.165) is 31.8 Å². The van der Waals surface area contributed by atoms with Crippen LogP contribution in [0.3, 0.4) is 0 Å². The molecule has 4 nitrogen and oxygen atoms in total. The fourth-order valence-electron chi connectivity index (χ4n) is 1.64. The van der Waals surface area contributed by atoms with E-state index in [1.54, 1.807) is 0 Å². The number of nitrogens with one attached hydrogen (secondary N) is 1. The predicted molar refractivity (Wildman–Crippen MR) is 53.4 cm³/mol. The zero-order chi connectivity index (χ0) is 9.97. The van der Waals surface area contributed by atoms with E-state index in [9.17, 15) is 0 Å². The van der Waals surface area contributed by atoms with Crippen molar-refractivity contribution in [1.29, 1.82) is 0 Å². The largest absolute Gasteiger partial charge is 0.423 e. The molecule has 0 spiro atoms. The van der Waals surface area contributed by atoms with Gasteiger partial charge in [0, 0.05) is 5.92 Å². The van der Waals surface area contributed by atoms with Crippen LogP contribution in [0.25, 0.3) is 0 Å². The summed E-state index contributed by atoms with van der Waals surface area (Å²) in [5.41, 5.74) is 0. The molecule has 0 amide bonds. The predicted octanol–water partition coefficient (Wildman–Crippen LogP) is 1.84. The molecular weight excluding hydrogens is 202 g/mol. The van der Waals surface area contributed by atoms with Crippen LogP contribution in [0.5, 0.6) is 0 Å². The molecule has 1 unspecified atom stereocenters. The first-order valence-electron chi connectivity index (χ1n) is 4.95. The Labute approximate surface area is 88.0 Å². The molecule has 1 aliphatic rings. The number of hydrogen-bond acceptors (Lipinski definition) is 4. The maximum atomic E-state index is 5.85. The molecule has 1 aliphatic heterocycles. The average molecular weight is 216 g/mol. The number of hydrogen-bond donors (Lipinski definition) is 1. The minimum atomic E-state index is -0.196. The van der Waals surface area contributed by atoms with E-state index < -0.39 is 0 Å². The lowest BCUT2D eigenvalue weighted by atomic mass is 9.98. The van der Waals surface area contributed by atoms with Crippen LogP contribution in [0.2, 0.25) is 0 Å². The molecule has 2 heterocycles. The standard InChI is InChI=1S/C9H14ClN3O/c1-6(10)8-12-13-9(14-8)7-2-4-11-5-3-7/h6-7,11H,2-5H2,1H3. The van der Waals surface area contributed by atoms with Gasteiger partial charge in [-0.1, -0.05) is 0 Å². The minimum Gasteiger partial charge on any atom is -0.423 e. The second-order valence-corrected chi connectivity index (χ2v) is 4.27. The topological polar surface area (TPSA) is 51.0 Å². The molecule has 78 valence electrons. The summed E-state index contributed by atoms with van der Waals surface area (Å²) in [6, 6.07) is 0. The smallest absolute Gasteiger partial charge is 0.234 e. The number of rotatable bonds is 2. The molecule has 2 rings (SSSR count). The zero-order valence-corrected chi connectivity index (χ0v) is 8.92. The lowest BCUT2D eigenvalue weighted by molar-refractivity contribution is 0.360. The van der Waals surface area contributed by atoms with Gasteiger partial charge in [0.05, 0.1) is 0 Å². The first-order chi connectivity index (χ1) is 6.77. The quantitative estimate of drug-likeness (QED) is 0.765. The van der Waals surface area contributed by atoms with Gasteiger partial charge in [-0.2, -0.15) is 0 Å². The molecule has 1 atom stereocenters. The Kier molecular flexibility index (Phi) is 3.03. The van der Waals surface area contributed by atoms with Gasteiger partial charge in [-0.05, 0) is 32.9 Å². The third kappa shape index (κ3) is 2.07. The van der Waals surface area contributed by atoms with Crippen molar-refractivity contribution in [2.45, 2.75) is 31.1 Å². The number of nitrogens with zero attached hydrogens (tertiary/aromatic N) is 2. The van der Waals surface area contributed by atoms with Gasteiger partial charge in [-0.3, -0.25) is 0 Å². The van der Waals surface area contributed by atoms with Crippen LogP contribution >= 0.6 is 11.6 Å². The Morgan fingerprint density at radius 1 is 1.43 bits per heavy atom. The van der Waals surface area contributed by atoms with E-state index in [-0.39, 0.29) is 5.38 Å². The van der Waals surface area contributed by atoms with Crippen LogP contribution in [-0.2, 0) is 0 Å². The third-order valence-corrected chi connectivity index (χ3v) is 2.67. The Morgan fingerprint density at radius 2 is 2.14 bits per heavy atom.